The first-order valence-electron chi connectivity index (χ1n) is 12.2. The number of para-hydroxylation sites is 2. The molecular weight excluding hydrogens is 426 g/mol. The van der Waals surface area contributed by atoms with Gasteiger partial charge >= 0.3 is 0 Å². The number of imidazole rings is 1. The van der Waals surface area contributed by atoms with Crippen LogP contribution in [0.2, 0.25) is 0 Å². The smallest absolute Gasteiger partial charge is 0.148 e. The molecule has 0 N–H and O–H groups in total. The standard InChI is InChI=1S/C32H19N3/c1-3-10-20-18(8-1)16-23-24-17-19-9-2-4-11-21(19)28(24)30-29(27(20)23)22-12-7-15-33-31(22)35-26-14-6-5-13-25(26)34-32(30)35/h1-15H,16-17H2. The van der Waals surface area contributed by atoms with Gasteiger partial charge in [-0.25, -0.2) is 9.97 Å². The third-order valence-corrected chi connectivity index (χ3v) is 8.08. The maximum atomic E-state index is 5.25. The normalized spacial score (nSPS) is 13.5. The molecule has 0 bridgehead atoms. The molecule has 7 aromatic rings. The van der Waals surface area contributed by atoms with E-state index in [2.05, 4.69) is 89.3 Å². The summed E-state index contributed by atoms with van der Waals surface area (Å²) in [6.45, 7) is 0. The molecular formula is C32H19N3. The summed E-state index contributed by atoms with van der Waals surface area (Å²) in [4.78, 5) is 10.2. The summed E-state index contributed by atoms with van der Waals surface area (Å²) in [7, 11) is 0. The summed E-state index contributed by atoms with van der Waals surface area (Å²) >= 11 is 0. The first-order valence-corrected chi connectivity index (χ1v) is 12.2. The van der Waals surface area contributed by atoms with Gasteiger partial charge in [0.05, 0.1) is 11.0 Å². The highest BCUT2D eigenvalue weighted by atomic mass is 15.1. The van der Waals surface area contributed by atoms with E-state index in [4.69, 9.17) is 9.97 Å². The van der Waals surface area contributed by atoms with Crippen molar-refractivity contribution < 1.29 is 0 Å². The van der Waals surface area contributed by atoms with Crippen LogP contribution >= 0.6 is 0 Å². The van der Waals surface area contributed by atoms with Crippen molar-refractivity contribution in [2.45, 2.75) is 12.8 Å². The van der Waals surface area contributed by atoms with Crippen LogP contribution in [0.15, 0.2) is 91.1 Å². The maximum Gasteiger partial charge on any atom is 0.148 e. The van der Waals surface area contributed by atoms with Gasteiger partial charge in [-0.05, 0) is 81.6 Å². The molecule has 3 heterocycles. The van der Waals surface area contributed by atoms with Crippen LogP contribution in [0.1, 0.15) is 22.3 Å². The summed E-state index contributed by atoms with van der Waals surface area (Å²) in [6.07, 6.45) is 3.87. The molecule has 0 radical (unpaired) electrons. The molecule has 35 heavy (non-hydrogen) atoms. The topological polar surface area (TPSA) is 30.2 Å². The number of hydrogen-bond donors (Lipinski definition) is 0. The van der Waals surface area contributed by atoms with Gasteiger partial charge in [0, 0.05) is 22.4 Å². The highest BCUT2D eigenvalue weighted by molar-refractivity contribution is 6.25. The van der Waals surface area contributed by atoms with Crippen molar-refractivity contribution in [2.24, 2.45) is 0 Å². The van der Waals surface area contributed by atoms with E-state index in [1.165, 1.54) is 60.7 Å². The highest BCUT2D eigenvalue weighted by Gasteiger charge is 2.33. The lowest BCUT2D eigenvalue weighted by molar-refractivity contribution is 1.17. The summed E-state index contributed by atoms with van der Waals surface area (Å²) in [5.41, 5.74) is 15.3. The van der Waals surface area contributed by atoms with Gasteiger partial charge in [-0.15, -0.1) is 0 Å². The van der Waals surface area contributed by atoms with Gasteiger partial charge in [0.25, 0.3) is 0 Å². The van der Waals surface area contributed by atoms with Crippen LogP contribution < -0.4 is 0 Å². The molecule has 0 spiro atoms. The quantitative estimate of drug-likeness (QED) is 0.229. The minimum atomic E-state index is 0.974. The zero-order chi connectivity index (χ0) is 22.7. The van der Waals surface area contributed by atoms with Gasteiger partial charge in [-0.3, -0.25) is 4.40 Å². The van der Waals surface area contributed by atoms with Gasteiger partial charge in [-0.2, -0.15) is 0 Å². The van der Waals surface area contributed by atoms with Gasteiger partial charge in [0.15, 0.2) is 0 Å². The molecule has 0 saturated carbocycles. The Morgan fingerprint density at radius 2 is 1.26 bits per heavy atom. The molecule has 4 aromatic carbocycles. The van der Waals surface area contributed by atoms with Gasteiger partial charge in [0.1, 0.15) is 11.3 Å². The Bertz CT molecular complexity index is 2060. The minimum Gasteiger partial charge on any atom is -0.276 e. The molecule has 3 aromatic heterocycles. The second-order valence-electron chi connectivity index (χ2n) is 9.76. The summed E-state index contributed by atoms with van der Waals surface area (Å²) in [5.74, 6) is 0. The van der Waals surface area contributed by atoms with Crippen molar-refractivity contribution in [1.82, 2.24) is 14.4 Å². The molecule has 3 nitrogen and oxygen atoms in total. The first-order chi connectivity index (χ1) is 17.4. The molecule has 3 heteroatoms. The van der Waals surface area contributed by atoms with Crippen LogP contribution in [0.4, 0.5) is 0 Å². The first kappa shape index (κ1) is 17.9. The molecule has 2 aliphatic carbocycles. The zero-order valence-corrected chi connectivity index (χ0v) is 18.9. The number of aromatic nitrogens is 3. The number of hydrogen-bond acceptors (Lipinski definition) is 2. The number of rotatable bonds is 0. The Hall–Kier alpha value is -4.50. The molecule has 0 aliphatic heterocycles. The van der Waals surface area contributed by atoms with Crippen molar-refractivity contribution >= 4 is 38.5 Å². The average Bonchev–Trinajstić information content (AvgIpc) is 3.60. The zero-order valence-electron chi connectivity index (χ0n) is 18.9. The van der Waals surface area contributed by atoms with Crippen molar-refractivity contribution in [1.29, 1.82) is 0 Å². The van der Waals surface area contributed by atoms with E-state index in [9.17, 15) is 0 Å². The highest BCUT2D eigenvalue weighted by Crippen LogP contribution is 2.53. The minimum absolute atomic E-state index is 0.974. The molecule has 0 saturated heterocycles. The fourth-order valence-corrected chi connectivity index (χ4v) is 6.73. The Morgan fingerprint density at radius 1 is 0.600 bits per heavy atom. The van der Waals surface area contributed by atoms with E-state index in [1.807, 2.05) is 6.20 Å². The molecule has 162 valence electrons. The van der Waals surface area contributed by atoms with Gasteiger partial charge in [-0.1, -0.05) is 60.7 Å². The van der Waals surface area contributed by atoms with Crippen LogP contribution in [0.3, 0.4) is 0 Å². The fraction of sp³-hybridized carbons (Fsp3) is 0.0625. The number of nitrogens with zero attached hydrogens (tertiary/aromatic N) is 3. The van der Waals surface area contributed by atoms with E-state index >= 15 is 0 Å². The van der Waals surface area contributed by atoms with E-state index in [1.54, 1.807) is 0 Å². The third kappa shape index (κ3) is 2.08. The van der Waals surface area contributed by atoms with Crippen LogP contribution in [-0.4, -0.2) is 14.4 Å². The largest absolute Gasteiger partial charge is 0.276 e. The van der Waals surface area contributed by atoms with Crippen molar-refractivity contribution in [3.8, 4) is 22.3 Å². The molecule has 0 fully saturated rings. The third-order valence-electron chi connectivity index (χ3n) is 8.08. The monoisotopic (exact) mass is 445 g/mol. The fourth-order valence-electron chi connectivity index (χ4n) is 6.73. The number of benzene rings is 4. The Labute approximate surface area is 201 Å². The molecule has 0 unspecified atom stereocenters. The lowest BCUT2D eigenvalue weighted by atomic mass is 9.88. The summed E-state index contributed by atoms with van der Waals surface area (Å²) in [6, 6.07) is 30.6. The molecule has 2 aliphatic rings. The average molecular weight is 446 g/mol. The second kappa shape index (κ2) is 6.13. The Balaban J connectivity index is 1.65. The van der Waals surface area contributed by atoms with E-state index in [0.717, 1.165) is 35.2 Å². The van der Waals surface area contributed by atoms with E-state index in [0.29, 0.717) is 0 Å². The van der Waals surface area contributed by atoms with E-state index < -0.39 is 0 Å². The SMILES string of the molecule is c1ccc2c(c1)Cc1c3c(c4c(c1-2)c1cccnc1n1c2ccccc2nc41)-c1ccccc1C3. The van der Waals surface area contributed by atoms with Crippen LogP contribution in [0, 0.1) is 0 Å². The molecule has 0 amide bonds. The van der Waals surface area contributed by atoms with Gasteiger partial charge < -0.3 is 0 Å². The molecule has 0 atom stereocenters. The predicted molar refractivity (Wildman–Crippen MR) is 142 cm³/mol. The van der Waals surface area contributed by atoms with Crippen LogP contribution in [-0.2, 0) is 12.8 Å². The van der Waals surface area contributed by atoms with Crippen molar-refractivity contribution in [3.63, 3.8) is 0 Å². The summed E-state index contributed by atoms with van der Waals surface area (Å²) < 4.78 is 2.28. The summed E-state index contributed by atoms with van der Waals surface area (Å²) in [5, 5.41) is 3.75. The van der Waals surface area contributed by atoms with E-state index in [-0.39, 0.29) is 0 Å². The maximum absolute atomic E-state index is 5.25. The van der Waals surface area contributed by atoms with Crippen LogP contribution in [0.25, 0.3) is 60.7 Å². The molecule has 9 rings (SSSR count). The Kier molecular flexibility index (Phi) is 3.14. The second-order valence-corrected chi connectivity index (χ2v) is 9.76. The number of pyridine rings is 2. The van der Waals surface area contributed by atoms with Gasteiger partial charge in [0.2, 0.25) is 0 Å². The van der Waals surface area contributed by atoms with Crippen molar-refractivity contribution in [3.05, 3.63) is 113 Å². The lowest BCUT2D eigenvalue weighted by Gasteiger charge is -2.18. The Morgan fingerprint density at radius 3 is 2.03 bits per heavy atom. The van der Waals surface area contributed by atoms with Crippen LogP contribution in [0.5, 0.6) is 0 Å². The lowest BCUT2D eigenvalue weighted by Crippen LogP contribution is -1.99. The number of fused-ring (bicyclic) bond motifs is 17. The predicted octanol–water partition coefficient (Wildman–Crippen LogP) is 7.33. The van der Waals surface area contributed by atoms with Crippen molar-refractivity contribution in [2.75, 3.05) is 0 Å².